The van der Waals surface area contributed by atoms with Crippen molar-refractivity contribution in [3.63, 3.8) is 0 Å². The molecule has 0 fully saturated rings. The summed E-state index contributed by atoms with van der Waals surface area (Å²) in [5, 5.41) is 21.7. The van der Waals surface area contributed by atoms with Crippen molar-refractivity contribution in [2.24, 2.45) is 0 Å². The molecule has 98 valence electrons. The standard InChI is InChI=1S/C12H9NO5S/c14-12(15)11-9(13(16)17)4-1-5-10(11)18-7-8-3-2-6-19-8/h1-6H,7H2,(H,14,15). The summed E-state index contributed by atoms with van der Waals surface area (Å²) >= 11 is 1.46. The van der Waals surface area contributed by atoms with Crippen LogP contribution < -0.4 is 4.74 Å². The summed E-state index contributed by atoms with van der Waals surface area (Å²) < 4.78 is 5.36. The number of thiophene rings is 1. The topological polar surface area (TPSA) is 89.7 Å². The van der Waals surface area contributed by atoms with Crippen LogP contribution >= 0.6 is 11.3 Å². The summed E-state index contributed by atoms with van der Waals surface area (Å²) in [6.45, 7) is 0.180. The molecule has 0 bridgehead atoms. The molecule has 0 unspecified atom stereocenters. The maximum atomic E-state index is 11.1. The van der Waals surface area contributed by atoms with Gasteiger partial charge < -0.3 is 9.84 Å². The minimum Gasteiger partial charge on any atom is -0.487 e. The zero-order valence-electron chi connectivity index (χ0n) is 9.61. The molecule has 0 atom stereocenters. The second-order valence-corrected chi connectivity index (χ2v) is 4.61. The second-order valence-electron chi connectivity index (χ2n) is 3.58. The molecule has 1 N–H and O–H groups in total. The predicted molar refractivity (Wildman–Crippen MR) is 68.7 cm³/mol. The average Bonchev–Trinajstić information content (AvgIpc) is 2.88. The van der Waals surface area contributed by atoms with Crippen LogP contribution in [0.1, 0.15) is 15.2 Å². The molecule has 0 amide bonds. The van der Waals surface area contributed by atoms with Crippen LogP contribution in [0.15, 0.2) is 35.7 Å². The lowest BCUT2D eigenvalue weighted by Crippen LogP contribution is -2.06. The van der Waals surface area contributed by atoms with Crippen LogP contribution in [0.2, 0.25) is 0 Å². The molecular weight excluding hydrogens is 270 g/mol. The van der Waals surface area contributed by atoms with Gasteiger partial charge in [-0.2, -0.15) is 0 Å². The first-order valence-corrected chi connectivity index (χ1v) is 6.13. The Kier molecular flexibility index (Phi) is 3.76. The van der Waals surface area contributed by atoms with Crippen molar-refractivity contribution in [1.29, 1.82) is 0 Å². The molecule has 1 heterocycles. The Bertz CT molecular complexity index is 609. The van der Waals surface area contributed by atoms with Crippen LogP contribution in [0.4, 0.5) is 5.69 Å². The summed E-state index contributed by atoms with van der Waals surface area (Å²) in [4.78, 5) is 22.1. The van der Waals surface area contributed by atoms with E-state index in [1.165, 1.54) is 23.5 Å². The van der Waals surface area contributed by atoms with Crippen LogP contribution in [0.3, 0.4) is 0 Å². The van der Waals surface area contributed by atoms with Crippen molar-refractivity contribution >= 4 is 23.0 Å². The van der Waals surface area contributed by atoms with Crippen molar-refractivity contribution < 1.29 is 19.6 Å². The number of hydrogen-bond donors (Lipinski definition) is 1. The number of rotatable bonds is 5. The third-order valence-electron chi connectivity index (χ3n) is 2.36. The molecule has 1 aromatic heterocycles. The van der Waals surface area contributed by atoms with E-state index in [0.717, 1.165) is 10.9 Å². The zero-order valence-corrected chi connectivity index (χ0v) is 10.4. The molecule has 0 aliphatic rings. The Morgan fingerprint density at radius 1 is 1.37 bits per heavy atom. The van der Waals surface area contributed by atoms with Crippen LogP contribution in [-0.2, 0) is 6.61 Å². The smallest absolute Gasteiger partial charge is 0.346 e. The first kappa shape index (κ1) is 13.0. The average molecular weight is 279 g/mol. The first-order chi connectivity index (χ1) is 9.09. The largest absolute Gasteiger partial charge is 0.487 e. The van der Waals surface area contributed by atoms with Gasteiger partial charge >= 0.3 is 5.97 Å². The van der Waals surface area contributed by atoms with Crippen molar-refractivity contribution in [3.8, 4) is 5.75 Å². The van der Waals surface area contributed by atoms with E-state index >= 15 is 0 Å². The quantitative estimate of drug-likeness (QED) is 0.671. The third-order valence-corrected chi connectivity index (χ3v) is 3.21. The molecule has 7 heteroatoms. The van der Waals surface area contributed by atoms with E-state index in [1.807, 2.05) is 17.5 Å². The Hall–Kier alpha value is -2.41. The number of ether oxygens (including phenoxy) is 1. The minimum atomic E-state index is -1.38. The Morgan fingerprint density at radius 2 is 2.16 bits per heavy atom. The van der Waals surface area contributed by atoms with Gasteiger partial charge in [0.15, 0.2) is 5.56 Å². The fourth-order valence-electron chi connectivity index (χ4n) is 1.55. The molecule has 2 rings (SSSR count). The van der Waals surface area contributed by atoms with Gasteiger partial charge in [-0.1, -0.05) is 12.1 Å². The lowest BCUT2D eigenvalue weighted by molar-refractivity contribution is -0.385. The van der Waals surface area contributed by atoms with E-state index < -0.39 is 22.1 Å². The molecule has 0 aliphatic carbocycles. The van der Waals surface area contributed by atoms with E-state index in [4.69, 9.17) is 9.84 Å². The number of hydrogen-bond acceptors (Lipinski definition) is 5. The van der Waals surface area contributed by atoms with Crippen LogP contribution in [-0.4, -0.2) is 16.0 Å². The third kappa shape index (κ3) is 2.89. The highest BCUT2D eigenvalue weighted by Gasteiger charge is 2.24. The SMILES string of the molecule is O=C(O)c1c(OCc2cccs2)cccc1[N+](=O)[O-]. The van der Waals surface area contributed by atoms with E-state index in [9.17, 15) is 14.9 Å². The van der Waals surface area contributed by atoms with Crippen LogP contribution in [0.25, 0.3) is 0 Å². The summed E-state index contributed by atoms with van der Waals surface area (Å²) in [5.74, 6) is -1.39. The molecule has 2 aromatic rings. The number of carboxylic acid groups (broad SMARTS) is 1. The molecule has 6 nitrogen and oxygen atoms in total. The highest BCUT2D eigenvalue weighted by atomic mass is 32.1. The van der Waals surface area contributed by atoms with Crippen molar-refractivity contribution in [1.82, 2.24) is 0 Å². The number of nitro groups is 1. The highest BCUT2D eigenvalue weighted by molar-refractivity contribution is 7.09. The van der Waals surface area contributed by atoms with E-state index in [1.54, 1.807) is 0 Å². The Morgan fingerprint density at radius 3 is 2.74 bits per heavy atom. The van der Waals surface area contributed by atoms with E-state index in [2.05, 4.69) is 0 Å². The predicted octanol–water partition coefficient (Wildman–Crippen LogP) is 2.93. The second kappa shape index (κ2) is 5.49. The summed E-state index contributed by atoms with van der Waals surface area (Å²) in [6, 6.07) is 7.62. The first-order valence-electron chi connectivity index (χ1n) is 5.25. The summed E-state index contributed by atoms with van der Waals surface area (Å²) in [5.41, 5.74) is -0.903. The molecule has 19 heavy (non-hydrogen) atoms. The van der Waals surface area contributed by atoms with Crippen molar-refractivity contribution in [2.75, 3.05) is 0 Å². The van der Waals surface area contributed by atoms with Gasteiger partial charge in [0.2, 0.25) is 0 Å². The normalized spacial score (nSPS) is 10.1. The molecule has 0 radical (unpaired) electrons. The molecule has 1 aromatic carbocycles. The van der Waals surface area contributed by atoms with Gasteiger partial charge in [-0.05, 0) is 17.5 Å². The maximum absolute atomic E-state index is 11.1. The monoisotopic (exact) mass is 279 g/mol. The Labute approximate surface area is 112 Å². The summed E-state index contributed by atoms with van der Waals surface area (Å²) in [6.07, 6.45) is 0. The van der Waals surface area contributed by atoms with Gasteiger partial charge in [0, 0.05) is 10.9 Å². The lowest BCUT2D eigenvalue weighted by atomic mass is 10.1. The van der Waals surface area contributed by atoms with Gasteiger partial charge in [-0.25, -0.2) is 4.79 Å². The number of nitro benzene ring substituents is 1. The number of carboxylic acids is 1. The van der Waals surface area contributed by atoms with Crippen molar-refractivity contribution in [3.05, 3.63) is 56.3 Å². The van der Waals surface area contributed by atoms with Gasteiger partial charge in [0.05, 0.1) is 4.92 Å². The maximum Gasteiger partial charge on any atom is 0.346 e. The molecule has 0 aliphatic heterocycles. The van der Waals surface area contributed by atoms with Crippen molar-refractivity contribution in [2.45, 2.75) is 6.61 Å². The molecule has 0 saturated heterocycles. The number of nitrogens with zero attached hydrogens (tertiary/aromatic N) is 1. The van der Waals surface area contributed by atoms with E-state index in [0.29, 0.717) is 0 Å². The van der Waals surface area contributed by atoms with Crippen LogP contribution in [0, 0.1) is 10.1 Å². The number of aromatic carboxylic acids is 1. The van der Waals surface area contributed by atoms with Crippen LogP contribution in [0.5, 0.6) is 5.75 Å². The molecule has 0 spiro atoms. The number of carbonyl (C=O) groups is 1. The lowest BCUT2D eigenvalue weighted by Gasteiger charge is -2.08. The minimum absolute atomic E-state index is 0.00454. The Balaban J connectivity index is 2.31. The van der Waals surface area contributed by atoms with Gasteiger partial charge in [-0.3, -0.25) is 10.1 Å². The zero-order chi connectivity index (χ0) is 13.8. The fraction of sp³-hybridized carbons (Fsp3) is 0.0833. The van der Waals surface area contributed by atoms with Gasteiger partial charge in [0.25, 0.3) is 5.69 Å². The van der Waals surface area contributed by atoms with Gasteiger partial charge in [-0.15, -0.1) is 11.3 Å². The van der Waals surface area contributed by atoms with E-state index in [-0.39, 0.29) is 12.4 Å². The molecular formula is C12H9NO5S. The molecule has 0 saturated carbocycles. The van der Waals surface area contributed by atoms with Gasteiger partial charge in [0.1, 0.15) is 12.4 Å². The fourth-order valence-corrected chi connectivity index (χ4v) is 2.17. The summed E-state index contributed by atoms with van der Waals surface area (Å²) in [7, 11) is 0. The number of benzene rings is 1. The highest BCUT2D eigenvalue weighted by Crippen LogP contribution is 2.29.